The second kappa shape index (κ2) is 9.37. The van der Waals surface area contributed by atoms with Crippen LogP contribution in [0.3, 0.4) is 0 Å². The number of rotatable bonds is 4. The Kier molecular flexibility index (Phi) is 6.87. The molecule has 2 saturated heterocycles. The third-order valence-electron chi connectivity index (χ3n) is 5.99. The molecular weight excluding hydrogens is 373 g/mol. The molecule has 1 aromatic rings. The predicted octanol–water partition coefficient (Wildman–Crippen LogP) is 2.50. The number of amides is 3. The first-order chi connectivity index (χ1) is 13.9. The number of nitrogens with one attached hydrogen (secondary N) is 1. The fraction of sp³-hybridized carbons (Fsp3) is 0.591. The van der Waals surface area contributed by atoms with E-state index in [-0.39, 0.29) is 29.3 Å². The molecule has 1 aromatic carbocycles. The Morgan fingerprint density at radius 3 is 2.76 bits per heavy atom. The first-order valence-electron chi connectivity index (χ1n) is 10.5. The Bertz CT molecular complexity index is 783. The Hall–Kier alpha value is -2.44. The average molecular weight is 403 g/mol. The molecule has 2 unspecified atom stereocenters. The molecule has 7 heteroatoms. The molecule has 0 spiro atoms. The number of benzene rings is 1. The average Bonchev–Trinajstić information content (AvgIpc) is 2.95. The molecule has 2 aliphatic heterocycles. The van der Waals surface area contributed by atoms with Crippen LogP contribution >= 0.6 is 0 Å². The summed E-state index contributed by atoms with van der Waals surface area (Å²) in [5.74, 6) is -0.961. The highest BCUT2D eigenvalue weighted by molar-refractivity contribution is 5.95. The van der Waals surface area contributed by atoms with Gasteiger partial charge in [-0.2, -0.15) is 0 Å². The third-order valence-corrected chi connectivity index (χ3v) is 5.99. The van der Waals surface area contributed by atoms with Gasteiger partial charge in [-0.25, -0.2) is 4.39 Å². The van der Waals surface area contributed by atoms with Crippen LogP contribution < -0.4 is 5.32 Å². The quantitative estimate of drug-likeness (QED) is 0.840. The van der Waals surface area contributed by atoms with Gasteiger partial charge in [-0.3, -0.25) is 14.4 Å². The summed E-state index contributed by atoms with van der Waals surface area (Å²) in [6.45, 7) is 5.72. The molecule has 0 radical (unpaired) electrons. The number of hydrogen-bond acceptors (Lipinski definition) is 3. The number of likely N-dealkylation sites (tertiary alicyclic amines) is 2. The molecule has 29 heavy (non-hydrogen) atoms. The smallest absolute Gasteiger partial charge is 0.254 e. The minimum Gasteiger partial charge on any atom is -0.347 e. The van der Waals surface area contributed by atoms with Gasteiger partial charge in [-0.05, 0) is 51.2 Å². The number of carbonyl (C=O) groups is 3. The number of nitrogens with zero attached hydrogens (tertiary/aromatic N) is 2. The van der Waals surface area contributed by atoms with Gasteiger partial charge in [0.1, 0.15) is 5.82 Å². The fourth-order valence-electron chi connectivity index (χ4n) is 4.23. The molecule has 0 bridgehead atoms. The molecule has 2 heterocycles. The van der Waals surface area contributed by atoms with Crippen LogP contribution in [0, 0.1) is 18.7 Å². The molecule has 2 fully saturated rings. The lowest BCUT2D eigenvalue weighted by Gasteiger charge is -2.35. The van der Waals surface area contributed by atoms with Crippen LogP contribution in [0.25, 0.3) is 0 Å². The summed E-state index contributed by atoms with van der Waals surface area (Å²) in [6.07, 6.45) is 3.52. The highest BCUT2D eigenvalue weighted by Crippen LogP contribution is 2.22. The van der Waals surface area contributed by atoms with E-state index in [1.54, 1.807) is 24.0 Å². The highest BCUT2D eigenvalue weighted by Gasteiger charge is 2.33. The Morgan fingerprint density at radius 2 is 2.00 bits per heavy atom. The molecule has 6 nitrogen and oxygen atoms in total. The lowest BCUT2D eigenvalue weighted by atomic mass is 9.95. The van der Waals surface area contributed by atoms with Gasteiger partial charge < -0.3 is 15.1 Å². The van der Waals surface area contributed by atoms with Gasteiger partial charge in [0.15, 0.2) is 0 Å². The predicted molar refractivity (Wildman–Crippen MR) is 108 cm³/mol. The van der Waals surface area contributed by atoms with E-state index >= 15 is 0 Å². The van der Waals surface area contributed by atoms with Gasteiger partial charge in [0, 0.05) is 38.6 Å². The van der Waals surface area contributed by atoms with Crippen LogP contribution in [-0.2, 0) is 9.59 Å². The van der Waals surface area contributed by atoms with E-state index in [1.807, 2.05) is 11.8 Å². The first kappa shape index (κ1) is 21.3. The van der Waals surface area contributed by atoms with Crippen LogP contribution in [0.1, 0.15) is 54.9 Å². The van der Waals surface area contributed by atoms with Gasteiger partial charge >= 0.3 is 0 Å². The first-order valence-corrected chi connectivity index (χ1v) is 10.5. The minimum atomic E-state index is -0.502. The van der Waals surface area contributed by atoms with Gasteiger partial charge in [-0.1, -0.05) is 12.1 Å². The van der Waals surface area contributed by atoms with E-state index in [0.29, 0.717) is 44.6 Å². The number of aryl methyl sites for hydroxylation is 1. The van der Waals surface area contributed by atoms with Gasteiger partial charge in [0.05, 0.1) is 11.5 Å². The van der Waals surface area contributed by atoms with Crippen molar-refractivity contribution in [3.63, 3.8) is 0 Å². The standard InChI is InChI=1S/C22H30FN3O3/c1-3-25-13-16(10-11-19(25)27)22(29)26-12-5-4-8-17(14-26)24-21(28)18-9-6-7-15(2)20(18)23/h6-7,9,16-17H,3-5,8,10-14H2,1-2H3,(H,24,28). The lowest BCUT2D eigenvalue weighted by molar-refractivity contribution is -0.143. The molecule has 0 aromatic heterocycles. The van der Waals surface area contributed by atoms with Crippen LogP contribution in [0.15, 0.2) is 18.2 Å². The Balaban J connectivity index is 1.65. The summed E-state index contributed by atoms with van der Waals surface area (Å²) in [7, 11) is 0. The molecule has 1 N–H and O–H groups in total. The van der Waals surface area contributed by atoms with E-state index in [0.717, 1.165) is 19.3 Å². The maximum atomic E-state index is 14.3. The van der Waals surface area contributed by atoms with Gasteiger partial charge in [0.2, 0.25) is 11.8 Å². The normalized spacial score (nSPS) is 22.9. The zero-order valence-electron chi connectivity index (χ0n) is 17.2. The minimum absolute atomic E-state index is 0.0384. The monoisotopic (exact) mass is 403 g/mol. The Morgan fingerprint density at radius 1 is 1.21 bits per heavy atom. The zero-order valence-corrected chi connectivity index (χ0v) is 17.2. The van der Waals surface area contributed by atoms with E-state index < -0.39 is 11.7 Å². The molecule has 3 amide bonds. The van der Waals surface area contributed by atoms with E-state index in [9.17, 15) is 18.8 Å². The van der Waals surface area contributed by atoms with Crippen LogP contribution in [-0.4, -0.2) is 59.7 Å². The van der Waals surface area contributed by atoms with Crippen LogP contribution in [0.2, 0.25) is 0 Å². The maximum absolute atomic E-state index is 14.3. The molecule has 2 aliphatic rings. The van der Waals surface area contributed by atoms with Crippen molar-refractivity contribution in [1.29, 1.82) is 0 Å². The molecule has 0 saturated carbocycles. The van der Waals surface area contributed by atoms with Crippen molar-refractivity contribution in [2.75, 3.05) is 26.2 Å². The van der Waals surface area contributed by atoms with E-state index in [2.05, 4.69) is 5.32 Å². The maximum Gasteiger partial charge on any atom is 0.254 e. The summed E-state index contributed by atoms with van der Waals surface area (Å²) in [4.78, 5) is 41.2. The summed E-state index contributed by atoms with van der Waals surface area (Å²) >= 11 is 0. The Labute approximate surface area is 171 Å². The second-order valence-corrected chi connectivity index (χ2v) is 8.05. The third kappa shape index (κ3) is 4.95. The van der Waals surface area contributed by atoms with Crippen molar-refractivity contribution in [3.05, 3.63) is 35.1 Å². The molecule has 3 rings (SSSR count). The highest BCUT2D eigenvalue weighted by atomic mass is 19.1. The number of piperidine rings is 1. The topological polar surface area (TPSA) is 69.7 Å². The van der Waals surface area contributed by atoms with Crippen molar-refractivity contribution in [3.8, 4) is 0 Å². The van der Waals surface area contributed by atoms with Crippen molar-refractivity contribution in [2.24, 2.45) is 5.92 Å². The molecule has 2 atom stereocenters. The van der Waals surface area contributed by atoms with Crippen molar-refractivity contribution in [2.45, 2.75) is 52.0 Å². The largest absolute Gasteiger partial charge is 0.347 e. The van der Waals surface area contributed by atoms with Crippen molar-refractivity contribution < 1.29 is 18.8 Å². The van der Waals surface area contributed by atoms with Crippen molar-refractivity contribution >= 4 is 17.7 Å². The number of hydrogen-bond donors (Lipinski definition) is 1. The number of carbonyl (C=O) groups excluding carboxylic acids is 3. The van der Waals surface area contributed by atoms with Crippen LogP contribution in [0.5, 0.6) is 0 Å². The molecular formula is C22H30FN3O3. The molecule has 158 valence electrons. The number of halogens is 1. The lowest BCUT2D eigenvalue weighted by Crippen LogP contribution is -2.50. The van der Waals surface area contributed by atoms with E-state index in [1.165, 1.54) is 6.07 Å². The second-order valence-electron chi connectivity index (χ2n) is 8.05. The fourth-order valence-corrected chi connectivity index (χ4v) is 4.23. The SMILES string of the molecule is CCN1CC(C(=O)N2CCCCC(NC(=O)c3cccc(C)c3F)C2)CCC1=O. The summed E-state index contributed by atoms with van der Waals surface area (Å²) in [6, 6.07) is 4.57. The van der Waals surface area contributed by atoms with E-state index in [4.69, 9.17) is 0 Å². The zero-order chi connectivity index (χ0) is 21.0. The van der Waals surface area contributed by atoms with Crippen molar-refractivity contribution in [1.82, 2.24) is 15.1 Å². The van der Waals surface area contributed by atoms with Gasteiger partial charge in [-0.15, -0.1) is 0 Å². The van der Waals surface area contributed by atoms with Gasteiger partial charge in [0.25, 0.3) is 5.91 Å². The summed E-state index contributed by atoms with van der Waals surface area (Å²) < 4.78 is 14.3. The summed E-state index contributed by atoms with van der Waals surface area (Å²) in [5.41, 5.74) is 0.471. The van der Waals surface area contributed by atoms with Crippen LogP contribution in [0.4, 0.5) is 4.39 Å². The summed E-state index contributed by atoms with van der Waals surface area (Å²) in [5, 5.41) is 2.92. The molecule has 0 aliphatic carbocycles.